The molecule has 0 nitrogen and oxygen atoms in total. The average molecular weight is 805 g/mol. The van der Waals surface area contributed by atoms with Crippen LogP contribution >= 0.6 is 0 Å². The molecule has 15 rings (SSSR count). The van der Waals surface area contributed by atoms with Gasteiger partial charge in [0, 0.05) is 0 Å². The van der Waals surface area contributed by atoms with Gasteiger partial charge in [0.05, 0.1) is 0 Å². The fourth-order valence-corrected chi connectivity index (χ4v) is 12.2. The van der Waals surface area contributed by atoms with Crippen molar-refractivity contribution >= 4 is 86.2 Å². The van der Waals surface area contributed by atoms with Gasteiger partial charge in [-0.15, -0.1) is 0 Å². The quantitative estimate of drug-likeness (QED) is 0.166. The molecule has 0 heteroatoms. The molecule has 0 aromatic heterocycles. The SMILES string of the molecule is c1ccc(-c2c3c(-c4ccccc4)c4c5ccc6c7c(ccc(c4c(-c4ccccc4)c3c(-c3ccccc3)c3c4cccc8cccc(c23)c84)c75)-c2cc3ccccc3cc2-6)cc1. The van der Waals surface area contributed by atoms with Crippen LogP contribution in [0.15, 0.2) is 218 Å². The van der Waals surface area contributed by atoms with Crippen LogP contribution < -0.4 is 0 Å². The molecule has 1 aliphatic rings. The standard InChI is InChI=1S/C64H36/c1-5-17-38(18-6-1)53-59-46-29-15-27-37-28-16-30-47(52(37)46)60(59)54(39-19-7-2-8-20-39)64-56(41-23-11-4-12-24-41)62-49-34-32-45-51-36-43-26-14-13-25-42(43)35-50(51)44-31-33-48(58(49)57(44)45)61(62)55(63(53)64)40-21-9-3-10-22-40/h1-36H. The summed E-state index contributed by atoms with van der Waals surface area (Å²) in [6.45, 7) is 0. The fourth-order valence-electron chi connectivity index (χ4n) is 12.2. The van der Waals surface area contributed by atoms with Crippen molar-refractivity contribution in [1.29, 1.82) is 0 Å². The van der Waals surface area contributed by atoms with Crippen LogP contribution in [0, 0.1) is 0 Å². The molecule has 0 bridgehead atoms. The minimum absolute atomic E-state index is 1.22. The lowest BCUT2D eigenvalue weighted by atomic mass is 9.78. The maximum absolute atomic E-state index is 2.46. The van der Waals surface area contributed by atoms with E-state index >= 15 is 0 Å². The van der Waals surface area contributed by atoms with Crippen molar-refractivity contribution < 1.29 is 0 Å². The monoisotopic (exact) mass is 804 g/mol. The Morgan fingerprint density at radius 3 is 0.875 bits per heavy atom. The highest BCUT2D eigenvalue weighted by Crippen LogP contribution is 2.61. The van der Waals surface area contributed by atoms with Crippen molar-refractivity contribution in [3.63, 3.8) is 0 Å². The van der Waals surface area contributed by atoms with Crippen molar-refractivity contribution in [2.75, 3.05) is 0 Å². The molecule has 0 heterocycles. The summed E-state index contributed by atoms with van der Waals surface area (Å²) in [4.78, 5) is 0. The second-order valence-corrected chi connectivity index (χ2v) is 17.7. The Morgan fingerprint density at radius 1 is 0.172 bits per heavy atom. The molecular formula is C64H36. The Balaban J connectivity index is 1.29. The smallest absolute Gasteiger partial charge is 0.0000928 e. The van der Waals surface area contributed by atoms with Crippen molar-refractivity contribution in [1.82, 2.24) is 0 Å². The third kappa shape index (κ3) is 4.37. The average Bonchev–Trinajstić information content (AvgIpc) is 3.99. The first-order valence-electron chi connectivity index (χ1n) is 22.4. The highest BCUT2D eigenvalue weighted by molar-refractivity contribution is 6.48. The number of rotatable bonds is 4. The molecule has 64 heavy (non-hydrogen) atoms. The molecule has 292 valence electrons. The van der Waals surface area contributed by atoms with Crippen LogP contribution in [0.3, 0.4) is 0 Å². The summed E-state index contributed by atoms with van der Waals surface area (Å²) in [7, 11) is 0. The van der Waals surface area contributed by atoms with Gasteiger partial charge in [0.25, 0.3) is 0 Å². The van der Waals surface area contributed by atoms with Crippen LogP contribution in [-0.2, 0) is 0 Å². The van der Waals surface area contributed by atoms with Gasteiger partial charge < -0.3 is 0 Å². The topological polar surface area (TPSA) is 0 Å². The second-order valence-electron chi connectivity index (χ2n) is 17.7. The van der Waals surface area contributed by atoms with Gasteiger partial charge in [0.1, 0.15) is 0 Å². The Morgan fingerprint density at radius 2 is 0.500 bits per heavy atom. The number of hydrogen-bond donors (Lipinski definition) is 0. The maximum Gasteiger partial charge on any atom is -0.0000928 e. The van der Waals surface area contributed by atoms with Gasteiger partial charge in [0.15, 0.2) is 0 Å². The van der Waals surface area contributed by atoms with E-state index in [0.29, 0.717) is 0 Å². The van der Waals surface area contributed by atoms with Crippen molar-refractivity contribution in [2.45, 2.75) is 0 Å². The summed E-state index contributed by atoms with van der Waals surface area (Å²) < 4.78 is 0. The molecule has 0 saturated heterocycles. The summed E-state index contributed by atoms with van der Waals surface area (Å²) in [5, 5.41) is 21.0. The first kappa shape index (κ1) is 34.3. The van der Waals surface area contributed by atoms with E-state index in [2.05, 4.69) is 218 Å². The van der Waals surface area contributed by atoms with Crippen LogP contribution in [0.5, 0.6) is 0 Å². The molecule has 0 fully saturated rings. The summed E-state index contributed by atoms with van der Waals surface area (Å²) in [6, 6.07) is 82.3. The highest BCUT2D eigenvalue weighted by Gasteiger charge is 2.33. The molecule has 0 unspecified atom stereocenters. The highest BCUT2D eigenvalue weighted by atomic mass is 14.3. The van der Waals surface area contributed by atoms with E-state index in [9.17, 15) is 0 Å². The third-order valence-electron chi connectivity index (χ3n) is 14.6. The first-order valence-corrected chi connectivity index (χ1v) is 22.4. The zero-order valence-electron chi connectivity index (χ0n) is 34.8. The third-order valence-corrected chi connectivity index (χ3v) is 14.6. The van der Waals surface area contributed by atoms with Crippen molar-refractivity contribution in [3.05, 3.63) is 218 Å². The summed E-state index contributed by atoms with van der Waals surface area (Å²) >= 11 is 0. The van der Waals surface area contributed by atoms with E-state index in [4.69, 9.17) is 0 Å². The minimum Gasteiger partial charge on any atom is -0.0622 e. The zero-order valence-corrected chi connectivity index (χ0v) is 34.8. The maximum atomic E-state index is 2.46. The predicted octanol–water partition coefficient (Wildman–Crippen LogP) is 18.1. The molecule has 0 aliphatic heterocycles. The first-order chi connectivity index (χ1) is 31.8. The van der Waals surface area contributed by atoms with E-state index in [-0.39, 0.29) is 0 Å². The van der Waals surface area contributed by atoms with Crippen LogP contribution in [0.25, 0.3) is 153 Å². The molecule has 1 aliphatic carbocycles. The van der Waals surface area contributed by atoms with E-state index in [0.717, 1.165) is 0 Å². The summed E-state index contributed by atoms with van der Waals surface area (Å²) in [6.07, 6.45) is 0. The lowest BCUT2D eigenvalue weighted by Gasteiger charge is -2.24. The largest absolute Gasteiger partial charge is 0.0622 e. The molecule has 0 atom stereocenters. The van der Waals surface area contributed by atoms with Gasteiger partial charge in [-0.05, 0) is 165 Å². The fraction of sp³-hybridized carbons (Fsp3) is 0. The van der Waals surface area contributed by atoms with E-state index in [1.165, 1.54) is 153 Å². The Hall–Kier alpha value is -8.32. The van der Waals surface area contributed by atoms with Gasteiger partial charge in [0.2, 0.25) is 0 Å². The molecular weight excluding hydrogens is 769 g/mol. The van der Waals surface area contributed by atoms with Crippen molar-refractivity contribution in [3.8, 4) is 66.8 Å². The number of fused-ring (bicyclic) bond motifs is 11. The molecule has 0 N–H and O–H groups in total. The van der Waals surface area contributed by atoms with Crippen LogP contribution in [0.1, 0.15) is 0 Å². The van der Waals surface area contributed by atoms with Gasteiger partial charge in [-0.1, -0.05) is 206 Å². The van der Waals surface area contributed by atoms with Crippen LogP contribution in [-0.4, -0.2) is 0 Å². The number of hydrogen-bond acceptors (Lipinski definition) is 0. The van der Waals surface area contributed by atoms with Crippen molar-refractivity contribution in [2.24, 2.45) is 0 Å². The van der Waals surface area contributed by atoms with E-state index < -0.39 is 0 Å². The van der Waals surface area contributed by atoms with Gasteiger partial charge in [-0.2, -0.15) is 0 Å². The van der Waals surface area contributed by atoms with Crippen LogP contribution in [0.2, 0.25) is 0 Å². The van der Waals surface area contributed by atoms with E-state index in [1.54, 1.807) is 0 Å². The molecule has 14 aromatic rings. The Labute approximate surface area is 369 Å². The molecule has 0 radical (unpaired) electrons. The molecule has 0 saturated carbocycles. The lowest BCUT2D eigenvalue weighted by Crippen LogP contribution is -1.96. The van der Waals surface area contributed by atoms with Gasteiger partial charge in [-0.3, -0.25) is 0 Å². The summed E-state index contributed by atoms with van der Waals surface area (Å²) in [5.41, 5.74) is 15.4. The second kappa shape index (κ2) is 12.6. The van der Waals surface area contributed by atoms with Gasteiger partial charge >= 0.3 is 0 Å². The number of benzene rings is 12. The normalized spacial score (nSPS) is 12.4. The van der Waals surface area contributed by atoms with E-state index in [1.807, 2.05) is 0 Å². The Bertz CT molecular complexity index is 3970. The van der Waals surface area contributed by atoms with Gasteiger partial charge in [-0.25, -0.2) is 0 Å². The molecule has 0 amide bonds. The molecule has 14 aromatic carbocycles. The van der Waals surface area contributed by atoms with Crippen LogP contribution in [0.4, 0.5) is 0 Å². The lowest BCUT2D eigenvalue weighted by molar-refractivity contribution is 1.65. The minimum atomic E-state index is 1.22. The molecule has 0 spiro atoms. The predicted molar refractivity (Wildman–Crippen MR) is 275 cm³/mol. The zero-order chi connectivity index (χ0) is 41.6. The Kier molecular flexibility index (Phi) is 6.77. The summed E-state index contributed by atoms with van der Waals surface area (Å²) in [5.74, 6) is 0.